The fourth-order valence-electron chi connectivity index (χ4n) is 1.53. The van der Waals surface area contributed by atoms with Crippen molar-refractivity contribution in [2.75, 3.05) is 19.0 Å². The number of hydrogen-bond donors (Lipinski definition) is 1. The largest absolute Gasteiger partial charge is 0.492 e. The zero-order valence-electron chi connectivity index (χ0n) is 10.3. The molecule has 0 spiro atoms. The fourth-order valence-corrected chi connectivity index (χ4v) is 1.53. The van der Waals surface area contributed by atoms with Gasteiger partial charge in [-0.25, -0.2) is 0 Å². The molecule has 1 rings (SSSR count). The van der Waals surface area contributed by atoms with E-state index in [0.29, 0.717) is 0 Å². The molecule has 0 aliphatic rings. The molecule has 3 nitrogen and oxygen atoms in total. The van der Waals surface area contributed by atoms with Gasteiger partial charge in [0.2, 0.25) is 0 Å². The summed E-state index contributed by atoms with van der Waals surface area (Å²) in [5.74, 6) is 0.849. The van der Waals surface area contributed by atoms with Crippen molar-refractivity contribution in [1.29, 1.82) is 0 Å². The predicted molar refractivity (Wildman–Crippen MR) is 68.0 cm³/mol. The molecule has 1 heterocycles. The van der Waals surface area contributed by atoms with Gasteiger partial charge in [0.05, 0.1) is 24.7 Å². The highest BCUT2D eigenvalue weighted by atomic mass is 16.5. The molecular weight excluding hydrogens is 200 g/mol. The first-order valence-electron chi connectivity index (χ1n) is 6.12. The summed E-state index contributed by atoms with van der Waals surface area (Å²) in [6.45, 7) is 3.02. The van der Waals surface area contributed by atoms with E-state index in [1.807, 2.05) is 13.1 Å². The molecule has 0 radical (unpaired) electrons. The summed E-state index contributed by atoms with van der Waals surface area (Å²) in [5.41, 5.74) is 0.989. The van der Waals surface area contributed by atoms with Gasteiger partial charge >= 0.3 is 0 Å². The SMILES string of the molecule is CCCCCCCOc1cncc(NC)c1. The molecule has 16 heavy (non-hydrogen) atoms. The van der Waals surface area contributed by atoms with Crippen LogP contribution in [-0.4, -0.2) is 18.6 Å². The number of ether oxygens (including phenoxy) is 1. The van der Waals surface area contributed by atoms with Crippen molar-refractivity contribution in [2.45, 2.75) is 39.0 Å². The lowest BCUT2D eigenvalue weighted by molar-refractivity contribution is 0.303. The number of unbranched alkanes of at least 4 members (excludes halogenated alkanes) is 4. The van der Waals surface area contributed by atoms with E-state index < -0.39 is 0 Å². The second kappa shape index (κ2) is 7.97. The maximum atomic E-state index is 5.63. The molecule has 0 aliphatic heterocycles. The van der Waals surface area contributed by atoms with Crippen LogP contribution in [0.1, 0.15) is 39.0 Å². The Bertz CT molecular complexity index is 289. The summed E-state index contributed by atoms with van der Waals surface area (Å²) >= 11 is 0. The van der Waals surface area contributed by atoms with Crippen LogP contribution in [0.4, 0.5) is 5.69 Å². The molecule has 90 valence electrons. The molecule has 0 aliphatic carbocycles. The lowest BCUT2D eigenvalue weighted by atomic mass is 10.2. The fraction of sp³-hybridized carbons (Fsp3) is 0.615. The highest BCUT2D eigenvalue weighted by molar-refractivity contribution is 5.44. The lowest BCUT2D eigenvalue weighted by Crippen LogP contribution is -1.98. The summed E-state index contributed by atoms with van der Waals surface area (Å²) in [7, 11) is 1.88. The van der Waals surface area contributed by atoms with E-state index in [2.05, 4.69) is 17.2 Å². The third kappa shape index (κ3) is 5.01. The molecule has 0 bridgehead atoms. The van der Waals surface area contributed by atoms with Crippen LogP contribution < -0.4 is 10.1 Å². The molecule has 0 amide bonds. The van der Waals surface area contributed by atoms with Gasteiger partial charge in [0.25, 0.3) is 0 Å². The van der Waals surface area contributed by atoms with Crippen LogP contribution in [0.2, 0.25) is 0 Å². The minimum Gasteiger partial charge on any atom is -0.492 e. The summed E-state index contributed by atoms with van der Waals surface area (Å²) in [4.78, 5) is 4.10. The Hall–Kier alpha value is -1.25. The zero-order valence-corrected chi connectivity index (χ0v) is 10.3. The molecule has 0 unspecified atom stereocenters. The smallest absolute Gasteiger partial charge is 0.139 e. The molecule has 0 atom stereocenters. The number of anilines is 1. The van der Waals surface area contributed by atoms with Crippen LogP contribution in [0.25, 0.3) is 0 Å². The normalized spacial score (nSPS) is 10.1. The second-order valence-electron chi connectivity index (χ2n) is 3.92. The first-order valence-corrected chi connectivity index (χ1v) is 6.12. The van der Waals surface area contributed by atoms with Crippen molar-refractivity contribution >= 4 is 5.69 Å². The van der Waals surface area contributed by atoms with Gasteiger partial charge in [0.15, 0.2) is 0 Å². The van der Waals surface area contributed by atoms with Crippen LogP contribution >= 0.6 is 0 Å². The maximum absolute atomic E-state index is 5.63. The van der Waals surface area contributed by atoms with Crippen molar-refractivity contribution in [3.8, 4) is 5.75 Å². The molecule has 1 N–H and O–H groups in total. The molecule has 0 saturated carbocycles. The predicted octanol–water partition coefficient (Wildman–Crippen LogP) is 3.47. The summed E-state index contributed by atoms with van der Waals surface area (Å²) in [5, 5.41) is 3.04. The van der Waals surface area contributed by atoms with Crippen molar-refractivity contribution in [3.63, 3.8) is 0 Å². The van der Waals surface area contributed by atoms with Gasteiger partial charge in [-0.1, -0.05) is 32.6 Å². The lowest BCUT2D eigenvalue weighted by Gasteiger charge is -2.07. The van der Waals surface area contributed by atoms with Gasteiger partial charge in [0.1, 0.15) is 5.75 Å². The Kier molecular flexibility index (Phi) is 6.38. The van der Waals surface area contributed by atoms with Gasteiger partial charge in [-0.2, -0.15) is 0 Å². The van der Waals surface area contributed by atoms with E-state index in [4.69, 9.17) is 4.74 Å². The van der Waals surface area contributed by atoms with E-state index in [1.165, 1.54) is 25.7 Å². The standard InChI is InChI=1S/C13H22N2O/c1-3-4-5-6-7-8-16-13-9-12(14-2)10-15-11-13/h9-11,14H,3-8H2,1-2H3. The quantitative estimate of drug-likeness (QED) is 0.684. The Morgan fingerprint density at radius 3 is 2.75 bits per heavy atom. The van der Waals surface area contributed by atoms with Crippen molar-refractivity contribution in [3.05, 3.63) is 18.5 Å². The molecule has 1 aromatic heterocycles. The number of pyridine rings is 1. The third-order valence-corrected chi connectivity index (χ3v) is 2.52. The van der Waals surface area contributed by atoms with E-state index in [1.54, 1.807) is 12.4 Å². The van der Waals surface area contributed by atoms with Crippen molar-refractivity contribution in [1.82, 2.24) is 4.98 Å². The highest BCUT2D eigenvalue weighted by Gasteiger charge is 1.96. The Morgan fingerprint density at radius 1 is 1.19 bits per heavy atom. The van der Waals surface area contributed by atoms with E-state index in [0.717, 1.165) is 24.5 Å². The second-order valence-corrected chi connectivity index (χ2v) is 3.92. The maximum Gasteiger partial charge on any atom is 0.139 e. The molecular formula is C13H22N2O. The Morgan fingerprint density at radius 2 is 2.00 bits per heavy atom. The van der Waals surface area contributed by atoms with E-state index in [9.17, 15) is 0 Å². The molecule has 0 fully saturated rings. The average Bonchev–Trinajstić information content (AvgIpc) is 2.34. The number of hydrogen-bond acceptors (Lipinski definition) is 3. The summed E-state index contributed by atoms with van der Waals surface area (Å²) in [6.07, 6.45) is 9.86. The minimum atomic E-state index is 0.790. The van der Waals surface area contributed by atoms with E-state index in [-0.39, 0.29) is 0 Å². The third-order valence-electron chi connectivity index (χ3n) is 2.52. The Labute approximate surface area is 98.2 Å². The van der Waals surface area contributed by atoms with Gasteiger partial charge in [-0.3, -0.25) is 4.98 Å². The summed E-state index contributed by atoms with van der Waals surface area (Å²) in [6, 6.07) is 1.97. The first-order chi connectivity index (χ1) is 7.86. The summed E-state index contributed by atoms with van der Waals surface area (Å²) < 4.78 is 5.63. The van der Waals surface area contributed by atoms with Crippen LogP contribution in [0.5, 0.6) is 5.75 Å². The van der Waals surface area contributed by atoms with Crippen molar-refractivity contribution in [2.24, 2.45) is 0 Å². The van der Waals surface area contributed by atoms with Gasteiger partial charge in [-0.05, 0) is 6.42 Å². The molecule has 0 saturated heterocycles. The average molecular weight is 222 g/mol. The number of aromatic nitrogens is 1. The number of rotatable bonds is 8. The van der Waals surface area contributed by atoms with Gasteiger partial charge in [0, 0.05) is 13.1 Å². The topological polar surface area (TPSA) is 34.1 Å². The van der Waals surface area contributed by atoms with Crippen LogP contribution in [0.3, 0.4) is 0 Å². The van der Waals surface area contributed by atoms with Gasteiger partial charge in [-0.15, -0.1) is 0 Å². The number of nitrogens with zero attached hydrogens (tertiary/aromatic N) is 1. The van der Waals surface area contributed by atoms with Crippen LogP contribution in [0, 0.1) is 0 Å². The molecule has 3 heteroatoms. The van der Waals surface area contributed by atoms with Gasteiger partial charge < -0.3 is 10.1 Å². The highest BCUT2D eigenvalue weighted by Crippen LogP contribution is 2.15. The minimum absolute atomic E-state index is 0.790. The number of nitrogens with one attached hydrogen (secondary N) is 1. The van der Waals surface area contributed by atoms with Crippen LogP contribution in [0.15, 0.2) is 18.5 Å². The van der Waals surface area contributed by atoms with Crippen LogP contribution in [-0.2, 0) is 0 Å². The van der Waals surface area contributed by atoms with Crippen molar-refractivity contribution < 1.29 is 4.74 Å². The Balaban J connectivity index is 2.16. The first kappa shape index (κ1) is 12.8. The molecule has 1 aromatic rings. The molecule has 0 aromatic carbocycles. The zero-order chi connectivity index (χ0) is 11.6. The van der Waals surface area contributed by atoms with E-state index >= 15 is 0 Å². The monoisotopic (exact) mass is 222 g/mol.